The Morgan fingerprint density at radius 2 is 2.43 bits per heavy atom. The molecule has 1 nitrogen and oxygen atoms in total. The first kappa shape index (κ1) is 9.99. The number of benzene rings is 1. The molecule has 0 spiro atoms. The Bertz CT molecular complexity index is 327. The van der Waals surface area contributed by atoms with Crippen LogP contribution in [0.4, 0.5) is 4.39 Å². The number of thioether (sulfide) groups is 1. The van der Waals surface area contributed by atoms with Crippen LogP contribution in [0.1, 0.15) is 24.9 Å². The molecule has 1 aromatic rings. The first-order chi connectivity index (χ1) is 6.83. The smallest absolute Gasteiger partial charge is 0.137 e. The van der Waals surface area contributed by atoms with Crippen LogP contribution >= 0.6 is 11.8 Å². The Morgan fingerprint density at radius 1 is 1.57 bits per heavy atom. The van der Waals surface area contributed by atoms with Crippen molar-refractivity contribution in [3.63, 3.8) is 0 Å². The molecule has 0 aromatic heterocycles. The Labute approximate surface area is 88.1 Å². The van der Waals surface area contributed by atoms with Crippen molar-refractivity contribution >= 4 is 11.8 Å². The van der Waals surface area contributed by atoms with Gasteiger partial charge >= 0.3 is 0 Å². The number of fused-ring (bicyclic) bond motifs is 1. The Morgan fingerprint density at radius 3 is 3.21 bits per heavy atom. The molecule has 0 aliphatic carbocycles. The van der Waals surface area contributed by atoms with E-state index in [4.69, 9.17) is 0 Å². The van der Waals surface area contributed by atoms with Crippen LogP contribution in [0.2, 0.25) is 0 Å². The summed E-state index contributed by atoms with van der Waals surface area (Å²) >= 11 is 1.63. The monoisotopic (exact) mass is 211 g/mol. The Balaban J connectivity index is 2.34. The number of hydrogen-bond acceptors (Lipinski definition) is 2. The third-order valence-electron chi connectivity index (χ3n) is 2.48. The van der Waals surface area contributed by atoms with Gasteiger partial charge in [-0.25, -0.2) is 4.39 Å². The lowest BCUT2D eigenvalue weighted by Gasteiger charge is -2.25. The van der Waals surface area contributed by atoms with E-state index in [2.05, 4.69) is 12.2 Å². The quantitative estimate of drug-likeness (QED) is 0.807. The Hall–Kier alpha value is -0.540. The molecule has 0 radical (unpaired) electrons. The fraction of sp³-hybridized carbons (Fsp3) is 0.455. The molecule has 0 bridgehead atoms. The predicted octanol–water partition coefficient (Wildman–Crippen LogP) is 2.97. The van der Waals surface area contributed by atoms with E-state index in [-0.39, 0.29) is 5.82 Å². The molecule has 2 rings (SSSR count). The molecule has 1 aliphatic rings. The van der Waals surface area contributed by atoms with E-state index in [1.807, 2.05) is 6.07 Å². The van der Waals surface area contributed by atoms with Gasteiger partial charge in [0.2, 0.25) is 0 Å². The van der Waals surface area contributed by atoms with Gasteiger partial charge in [0.1, 0.15) is 5.82 Å². The molecular weight excluding hydrogens is 197 g/mol. The highest BCUT2D eigenvalue weighted by molar-refractivity contribution is 7.99. The topological polar surface area (TPSA) is 12.0 Å². The van der Waals surface area contributed by atoms with E-state index < -0.39 is 0 Å². The molecule has 1 atom stereocenters. The molecule has 76 valence electrons. The van der Waals surface area contributed by atoms with E-state index in [0.29, 0.717) is 6.04 Å². The largest absolute Gasteiger partial charge is 0.310 e. The summed E-state index contributed by atoms with van der Waals surface area (Å²) in [5, 5.41) is 3.39. The molecule has 3 heteroatoms. The molecule has 0 saturated heterocycles. The van der Waals surface area contributed by atoms with Gasteiger partial charge in [0.25, 0.3) is 0 Å². The molecule has 1 unspecified atom stereocenters. The lowest BCUT2D eigenvalue weighted by Crippen LogP contribution is -2.24. The average molecular weight is 211 g/mol. The van der Waals surface area contributed by atoms with Gasteiger partial charge < -0.3 is 5.32 Å². The highest BCUT2D eigenvalue weighted by Gasteiger charge is 2.21. The lowest BCUT2D eigenvalue weighted by atomic mass is 10.0. The Kier molecular flexibility index (Phi) is 3.08. The maximum Gasteiger partial charge on any atom is 0.137 e. The first-order valence-corrected chi connectivity index (χ1v) is 5.96. The van der Waals surface area contributed by atoms with E-state index in [9.17, 15) is 4.39 Å². The first-order valence-electron chi connectivity index (χ1n) is 4.97. The molecule has 1 aliphatic heterocycles. The minimum atomic E-state index is -0.0740. The highest BCUT2D eigenvalue weighted by Crippen LogP contribution is 2.37. The number of rotatable bonds is 2. The summed E-state index contributed by atoms with van der Waals surface area (Å²) < 4.78 is 13.4. The van der Waals surface area contributed by atoms with Gasteiger partial charge in [0.15, 0.2) is 0 Å². The number of hydrogen-bond donors (Lipinski definition) is 1. The van der Waals surface area contributed by atoms with Crippen molar-refractivity contribution in [2.24, 2.45) is 0 Å². The second-order valence-corrected chi connectivity index (χ2v) is 4.51. The van der Waals surface area contributed by atoms with Gasteiger partial charge in [0, 0.05) is 10.9 Å². The second kappa shape index (κ2) is 4.32. The fourth-order valence-corrected chi connectivity index (χ4v) is 2.99. The maximum absolute atomic E-state index is 13.4. The maximum atomic E-state index is 13.4. The number of halogens is 1. The normalized spacial score (nSPS) is 20.6. The van der Waals surface area contributed by atoms with Crippen molar-refractivity contribution in [1.29, 1.82) is 0 Å². The zero-order valence-corrected chi connectivity index (χ0v) is 9.03. The van der Waals surface area contributed by atoms with Crippen LogP contribution < -0.4 is 5.32 Å². The van der Waals surface area contributed by atoms with Crippen LogP contribution in [0.15, 0.2) is 23.1 Å². The molecular formula is C11H14FNS. The van der Waals surface area contributed by atoms with Crippen LogP contribution in [-0.2, 0) is 0 Å². The highest BCUT2D eigenvalue weighted by atomic mass is 32.2. The zero-order valence-electron chi connectivity index (χ0n) is 8.22. The summed E-state index contributed by atoms with van der Waals surface area (Å²) in [4.78, 5) is 0.838. The standard InChI is InChI=1S/C11H14FNS/c1-2-13-10-6-7-14-11-8(10)4-3-5-9(11)12/h3-5,10,13H,2,6-7H2,1H3. The molecule has 1 heterocycles. The summed E-state index contributed by atoms with van der Waals surface area (Å²) in [6, 6.07) is 5.70. The van der Waals surface area contributed by atoms with Crippen molar-refractivity contribution in [3.8, 4) is 0 Å². The summed E-state index contributed by atoms with van der Waals surface area (Å²) in [6.07, 6.45) is 1.09. The summed E-state index contributed by atoms with van der Waals surface area (Å²) in [5.41, 5.74) is 1.13. The molecule has 0 saturated carbocycles. The van der Waals surface area contributed by atoms with Gasteiger partial charge in [-0.3, -0.25) is 0 Å². The van der Waals surface area contributed by atoms with Crippen molar-refractivity contribution in [2.75, 3.05) is 12.3 Å². The van der Waals surface area contributed by atoms with Crippen LogP contribution in [0, 0.1) is 5.82 Å². The molecule has 14 heavy (non-hydrogen) atoms. The fourth-order valence-electron chi connectivity index (χ4n) is 1.84. The van der Waals surface area contributed by atoms with Crippen LogP contribution in [-0.4, -0.2) is 12.3 Å². The van der Waals surface area contributed by atoms with E-state index in [1.165, 1.54) is 0 Å². The van der Waals surface area contributed by atoms with Crippen molar-refractivity contribution in [3.05, 3.63) is 29.6 Å². The molecule has 0 fully saturated rings. The van der Waals surface area contributed by atoms with Gasteiger partial charge in [-0.1, -0.05) is 19.1 Å². The molecule has 0 amide bonds. The average Bonchev–Trinajstić information content (AvgIpc) is 2.20. The second-order valence-electron chi connectivity index (χ2n) is 3.41. The summed E-state index contributed by atoms with van der Waals surface area (Å²) in [7, 11) is 0. The SMILES string of the molecule is CCNC1CCSc2c(F)cccc21. The zero-order chi connectivity index (χ0) is 9.97. The minimum absolute atomic E-state index is 0.0740. The van der Waals surface area contributed by atoms with Crippen LogP contribution in [0.5, 0.6) is 0 Å². The van der Waals surface area contributed by atoms with Crippen LogP contribution in [0.3, 0.4) is 0 Å². The number of nitrogens with one attached hydrogen (secondary N) is 1. The van der Waals surface area contributed by atoms with Crippen molar-refractivity contribution in [1.82, 2.24) is 5.32 Å². The summed E-state index contributed by atoms with van der Waals surface area (Å²) in [5.74, 6) is 0.932. The van der Waals surface area contributed by atoms with Crippen molar-refractivity contribution < 1.29 is 4.39 Å². The van der Waals surface area contributed by atoms with E-state index in [1.54, 1.807) is 23.9 Å². The third kappa shape index (κ3) is 1.79. The van der Waals surface area contributed by atoms with Crippen LogP contribution in [0.25, 0.3) is 0 Å². The molecule has 1 N–H and O–H groups in total. The van der Waals surface area contributed by atoms with Gasteiger partial charge in [-0.15, -0.1) is 11.8 Å². The van der Waals surface area contributed by atoms with E-state index in [0.717, 1.165) is 29.2 Å². The molecule has 1 aromatic carbocycles. The third-order valence-corrected chi connectivity index (χ3v) is 3.64. The van der Waals surface area contributed by atoms with E-state index >= 15 is 0 Å². The predicted molar refractivity (Wildman–Crippen MR) is 58.2 cm³/mol. The van der Waals surface area contributed by atoms with Gasteiger partial charge in [-0.2, -0.15) is 0 Å². The van der Waals surface area contributed by atoms with Gasteiger partial charge in [0.05, 0.1) is 0 Å². The van der Waals surface area contributed by atoms with Gasteiger partial charge in [-0.05, 0) is 30.3 Å². The summed E-state index contributed by atoms with van der Waals surface area (Å²) in [6.45, 7) is 3.02. The van der Waals surface area contributed by atoms with Crippen molar-refractivity contribution in [2.45, 2.75) is 24.3 Å². The lowest BCUT2D eigenvalue weighted by molar-refractivity contribution is 0.510. The minimum Gasteiger partial charge on any atom is -0.310 e.